The molecule has 0 spiro atoms. The molecule has 0 radical (unpaired) electrons. The summed E-state index contributed by atoms with van der Waals surface area (Å²) >= 11 is 1.32. The number of hydrogen-bond donors (Lipinski definition) is 2. The highest BCUT2D eigenvalue weighted by atomic mass is 32.2. The molecule has 0 saturated carbocycles. The second-order valence-corrected chi connectivity index (χ2v) is 9.28. The van der Waals surface area contributed by atoms with Crippen LogP contribution in [0.2, 0.25) is 0 Å². The van der Waals surface area contributed by atoms with Gasteiger partial charge < -0.3 is 5.32 Å². The van der Waals surface area contributed by atoms with Crippen molar-refractivity contribution in [2.24, 2.45) is 5.10 Å². The smallest absolute Gasteiger partial charge is 0.250 e. The Labute approximate surface area is 219 Å². The molecule has 184 valence electrons. The molecule has 0 saturated heterocycles. The molecule has 0 fully saturated rings. The van der Waals surface area contributed by atoms with Crippen LogP contribution in [0.1, 0.15) is 18.3 Å². The molecule has 0 unspecified atom stereocenters. The highest BCUT2D eigenvalue weighted by Crippen LogP contribution is 2.25. The summed E-state index contributed by atoms with van der Waals surface area (Å²) in [6.45, 7) is 2.34. The van der Waals surface area contributed by atoms with Crippen LogP contribution in [0.25, 0.3) is 16.5 Å². The first-order chi connectivity index (χ1) is 18.2. The predicted octanol–water partition coefficient (Wildman–Crippen LogP) is 5.67. The van der Waals surface area contributed by atoms with Gasteiger partial charge in [-0.2, -0.15) is 5.10 Å². The minimum atomic E-state index is -0.210. The molecule has 1 heterocycles. The Balaban J connectivity index is 1.31. The Bertz CT molecular complexity index is 1530. The van der Waals surface area contributed by atoms with Crippen LogP contribution in [0.4, 0.5) is 5.69 Å². The SMILES string of the molecule is C/C(=N\NC(=O)CSc1nnc(CNc2cccc3ccccc23)n1-c1ccccc1)c1ccccc1. The summed E-state index contributed by atoms with van der Waals surface area (Å²) in [5, 5.41) is 19.6. The first-order valence-electron chi connectivity index (χ1n) is 11.9. The Morgan fingerprint density at radius 3 is 2.38 bits per heavy atom. The monoisotopic (exact) mass is 506 g/mol. The molecule has 37 heavy (non-hydrogen) atoms. The molecule has 8 heteroatoms. The van der Waals surface area contributed by atoms with Gasteiger partial charge in [-0.25, -0.2) is 5.43 Å². The minimum absolute atomic E-state index is 0.160. The van der Waals surface area contributed by atoms with E-state index in [1.54, 1.807) is 0 Å². The molecule has 0 aliphatic heterocycles. The van der Waals surface area contributed by atoms with Crippen LogP contribution in [-0.4, -0.2) is 32.1 Å². The van der Waals surface area contributed by atoms with Gasteiger partial charge in [-0.05, 0) is 36.1 Å². The van der Waals surface area contributed by atoms with Crippen molar-refractivity contribution >= 4 is 39.8 Å². The van der Waals surface area contributed by atoms with Crippen LogP contribution < -0.4 is 10.7 Å². The second-order valence-electron chi connectivity index (χ2n) is 8.34. The van der Waals surface area contributed by atoms with Gasteiger partial charge in [0.2, 0.25) is 0 Å². The van der Waals surface area contributed by atoms with Crippen LogP contribution in [0, 0.1) is 0 Å². The molecule has 2 N–H and O–H groups in total. The molecule has 0 bridgehead atoms. The number of amides is 1. The van der Waals surface area contributed by atoms with E-state index >= 15 is 0 Å². The summed E-state index contributed by atoms with van der Waals surface area (Å²) in [5.41, 5.74) is 6.31. The summed E-state index contributed by atoms with van der Waals surface area (Å²) in [6, 6.07) is 34.1. The average molecular weight is 507 g/mol. The van der Waals surface area contributed by atoms with Gasteiger partial charge in [-0.1, -0.05) is 96.7 Å². The maximum atomic E-state index is 12.5. The largest absolute Gasteiger partial charge is 0.377 e. The highest BCUT2D eigenvalue weighted by molar-refractivity contribution is 7.99. The van der Waals surface area contributed by atoms with Crippen molar-refractivity contribution in [2.75, 3.05) is 11.1 Å². The third-order valence-electron chi connectivity index (χ3n) is 5.81. The third-order valence-corrected chi connectivity index (χ3v) is 6.74. The van der Waals surface area contributed by atoms with E-state index in [1.165, 1.54) is 17.1 Å². The van der Waals surface area contributed by atoms with E-state index in [0.717, 1.165) is 33.9 Å². The number of aromatic nitrogens is 3. The van der Waals surface area contributed by atoms with Gasteiger partial charge in [0.05, 0.1) is 18.0 Å². The lowest BCUT2D eigenvalue weighted by atomic mass is 10.1. The fourth-order valence-electron chi connectivity index (χ4n) is 3.95. The normalized spacial score (nSPS) is 11.4. The number of anilines is 1. The number of benzene rings is 4. The number of para-hydroxylation sites is 1. The fourth-order valence-corrected chi connectivity index (χ4v) is 4.71. The Morgan fingerprint density at radius 1 is 0.865 bits per heavy atom. The molecule has 4 aromatic carbocycles. The number of carbonyl (C=O) groups excluding carboxylic acids is 1. The zero-order chi connectivity index (χ0) is 25.5. The lowest BCUT2D eigenvalue weighted by molar-refractivity contribution is -0.118. The van der Waals surface area contributed by atoms with E-state index in [-0.39, 0.29) is 11.7 Å². The van der Waals surface area contributed by atoms with Gasteiger partial charge in [0, 0.05) is 16.8 Å². The third kappa shape index (κ3) is 5.87. The lowest BCUT2D eigenvalue weighted by Crippen LogP contribution is -2.21. The van der Waals surface area contributed by atoms with Gasteiger partial charge >= 0.3 is 0 Å². The molecule has 0 atom stereocenters. The van der Waals surface area contributed by atoms with E-state index in [1.807, 2.05) is 90.4 Å². The van der Waals surface area contributed by atoms with E-state index in [4.69, 9.17) is 0 Å². The topological polar surface area (TPSA) is 84.2 Å². The van der Waals surface area contributed by atoms with Gasteiger partial charge in [0.15, 0.2) is 11.0 Å². The van der Waals surface area contributed by atoms with E-state index in [0.29, 0.717) is 11.7 Å². The number of rotatable bonds is 9. The first kappa shape index (κ1) is 24.3. The molecular formula is C29H26N6OS. The van der Waals surface area contributed by atoms with Crippen LogP contribution in [-0.2, 0) is 11.3 Å². The number of thioether (sulfide) groups is 1. The quantitative estimate of drug-likeness (QED) is 0.153. The molecular weight excluding hydrogens is 480 g/mol. The van der Waals surface area contributed by atoms with Crippen molar-refractivity contribution in [1.29, 1.82) is 0 Å². The molecule has 5 aromatic rings. The van der Waals surface area contributed by atoms with Crippen molar-refractivity contribution < 1.29 is 4.79 Å². The van der Waals surface area contributed by atoms with Crippen molar-refractivity contribution in [1.82, 2.24) is 20.2 Å². The van der Waals surface area contributed by atoms with E-state index < -0.39 is 0 Å². The molecule has 1 aromatic heterocycles. The number of fused-ring (bicyclic) bond motifs is 1. The van der Waals surface area contributed by atoms with Gasteiger partial charge in [-0.15, -0.1) is 10.2 Å². The summed E-state index contributed by atoms with van der Waals surface area (Å²) in [5.74, 6) is 0.700. The number of carbonyl (C=O) groups is 1. The predicted molar refractivity (Wildman–Crippen MR) is 150 cm³/mol. The van der Waals surface area contributed by atoms with Crippen molar-refractivity contribution in [3.63, 3.8) is 0 Å². The first-order valence-corrected chi connectivity index (χ1v) is 12.9. The molecule has 0 aliphatic carbocycles. The van der Waals surface area contributed by atoms with Gasteiger partial charge in [0.25, 0.3) is 5.91 Å². The van der Waals surface area contributed by atoms with Crippen molar-refractivity contribution in [3.8, 4) is 5.69 Å². The zero-order valence-electron chi connectivity index (χ0n) is 20.3. The van der Waals surface area contributed by atoms with Crippen molar-refractivity contribution in [2.45, 2.75) is 18.6 Å². The minimum Gasteiger partial charge on any atom is -0.377 e. The second kappa shape index (κ2) is 11.5. The average Bonchev–Trinajstić information content (AvgIpc) is 3.37. The number of nitrogens with one attached hydrogen (secondary N) is 2. The van der Waals surface area contributed by atoms with E-state index in [9.17, 15) is 4.79 Å². The van der Waals surface area contributed by atoms with Crippen molar-refractivity contribution in [3.05, 3.63) is 115 Å². The van der Waals surface area contributed by atoms with Crippen LogP contribution in [0.15, 0.2) is 113 Å². The van der Waals surface area contributed by atoms with E-state index in [2.05, 4.69) is 50.3 Å². The summed E-state index contributed by atoms with van der Waals surface area (Å²) < 4.78 is 1.98. The Hall–Kier alpha value is -4.43. The van der Waals surface area contributed by atoms with Gasteiger partial charge in [0.1, 0.15) is 0 Å². The molecule has 7 nitrogen and oxygen atoms in total. The van der Waals surface area contributed by atoms with Crippen LogP contribution >= 0.6 is 11.8 Å². The lowest BCUT2D eigenvalue weighted by Gasteiger charge is -2.12. The molecule has 5 rings (SSSR count). The maximum Gasteiger partial charge on any atom is 0.250 e. The summed E-state index contributed by atoms with van der Waals surface area (Å²) in [4.78, 5) is 12.5. The molecule has 0 aliphatic rings. The van der Waals surface area contributed by atoms with Gasteiger partial charge in [-0.3, -0.25) is 9.36 Å². The number of hydrazone groups is 1. The maximum absolute atomic E-state index is 12.5. The highest BCUT2D eigenvalue weighted by Gasteiger charge is 2.16. The Kier molecular flexibility index (Phi) is 7.57. The Morgan fingerprint density at radius 2 is 1.57 bits per heavy atom. The standard InChI is InChI=1S/C29H26N6OS/c1-21(22-11-4-2-5-12-22)31-33-28(36)20-37-29-34-32-27(35(29)24-15-6-3-7-16-24)19-30-26-18-10-14-23-13-8-9-17-25(23)26/h2-18,30H,19-20H2,1H3,(H,33,36)/b31-21+. The number of hydrogen-bond acceptors (Lipinski definition) is 6. The number of nitrogens with zero attached hydrogens (tertiary/aromatic N) is 4. The fraction of sp³-hybridized carbons (Fsp3) is 0.103. The molecule has 1 amide bonds. The van der Waals surface area contributed by atoms with Crippen LogP contribution in [0.5, 0.6) is 0 Å². The van der Waals surface area contributed by atoms with Crippen LogP contribution in [0.3, 0.4) is 0 Å². The summed E-state index contributed by atoms with van der Waals surface area (Å²) in [6.07, 6.45) is 0. The zero-order valence-corrected chi connectivity index (χ0v) is 21.2. The summed E-state index contributed by atoms with van der Waals surface area (Å²) in [7, 11) is 0.